The minimum Gasteiger partial charge on any atom is -0.406 e. The molecule has 0 aromatic heterocycles. The van der Waals surface area contributed by atoms with Gasteiger partial charge < -0.3 is 10.1 Å². The van der Waals surface area contributed by atoms with Gasteiger partial charge in [-0.2, -0.15) is 0 Å². The Morgan fingerprint density at radius 2 is 1.41 bits per heavy atom. The van der Waals surface area contributed by atoms with Crippen molar-refractivity contribution < 1.29 is 17.9 Å². The molecule has 22 heavy (non-hydrogen) atoms. The van der Waals surface area contributed by atoms with Crippen LogP contribution in [-0.4, -0.2) is 12.9 Å². The van der Waals surface area contributed by atoms with E-state index in [1.54, 1.807) is 12.1 Å². The second-order valence-electron chi connectivity index (χ2n) is 5.47. The molecule has 0 heterocycles. The maximum absolute atomic E-state index is 12.0. The van der Waals surface area contributed by atoms with Gasteiger partial charge in [0.1, 0.15) is 5.75 Å². The van der Waals surface area contributed by atoms with Crippen LogP contribution in [0.1, 0.15) is 58.3 Å². The van der Waals surface area contributed by atoms with Gasteiger partial charge in [0.25, 0.3) is 0 Å². The molecule has 1 N–H and O–H groups in total. The highest BCUT2D eigenvalue weighted by molar-refractivity contribution is 5.46. The lowest BCUT2D eigenvalue weighted by Crippen LogP contribution is -2.17. The van der Waals surface area contributed by atoms with Gasteiger partial charge in [0.2, 0.25) is 0 Å². The Morgan fingerprint density at radius 3 is 1.95 bits per heavy atom. The van der Waals surface area contributed by atoms with Crippen molar-refractivity contribution in [2.24, 2.45) is 0 Å². The summed E-state index contributed by atoms with van der Waals surface area (Å²) >= 11 is 0. The Labute approximate surface area is 131 Å². The highest BCUT2D eigenvalue weighted by atomic mass is 19.4. The number of nitrogens with one attached hydrogen (secondary N) is 1. The van der Waals surface area contributed by atoms with E-state index in [0.29, 0.717) is 0 Å². The normalized spacial score (nSPS) is 11.5. The van der Waals surface area contributed by atoms with Crippen molar-refractivity contribution in [1.29, 1.82) is 0 Å². The minimum atomic E-state index is -4.63. The fraction of sp³-hybridized carbons (Fsp3) is 0.647. The Balaban J connectivity index is 2.08. The van der Waals surface area contributed by atoms with Crippen LogP contribution in [0.4, 0.5) is 18.9 Å². The molecule has 0 amide bonds. The number of halogens is 3. The Morgan fingerprint density at radius 1 is 0.864 bits per heavy atom. The number of hydrogen-bond donors (Lipinski definition) is 1. The van der Waals surface area contributed by atoms with E-state index in [0.717, 1.165) is 18.7 Å². The highest BCUT2D eigenvalue weighted by Crippen LogP contribution is 2.23. The molecule has 0 atom stereocenters. The summed E-state index contributed by atoms with van der Waals surface area (Å²) < 4.78 is 39.9. The van der Waals surface area contributed by atoms with Gasteiger partial charge in [-0.25, -0.2) is 0 Å². The molecule has 0 aliphatic rings. The Kier molecular flexibility index (Phi) is 8.78. The number of unbranched alkanes of at least 4 members (excludes halogenated alkanes) is 7. The fourth-order valence-corrected chi connectivity index (χ4v) is 2.27. The molecule has 0 saturated carbocycles. The number of benzene rings is 1. The molecule has 0 spiro atoms. The third-order valence-corrected chi connectivity index (χ3v) is 3.45. The summed E-state index contributed by atoms with van der Waals surface area (Å²) in [4.78, 5) is 0. The molecule has 1 aromatic rings. The molecule has 0 bridgehead atoms. The maximum Gasteiger partial charge on any atom is 0.573 e. The molecule has 0 saturated heterocycles. The number of anilines is 1. The van der Waals surface area contributed by atoms with Crippen LogP contribution < -0.4 is 10.1 Å². The molecule has 0 aliphatic carbocycles. The first kappa shape index (κ1) is 18.7. The van der Waals surface area contributed by atoms with E-state index in [-0.39, 0.29) is 5.75 Å². The molecule has 0 aliphatic heterocycles. The number of rotatable bonds is 11. The van der Waals surface area contributed by atoms with Crippen LogP contribution in [0.5, 0.6) is 5.75 Å². The summed E-state index contributed by atoms with van der Waals surface area (Å²) in [6.07, 6.45) is 5.44. The molecule has 1 rings (SSSR count). The van der Waals surface area contributed by atoms with Crippen molar-refractivity contribution in [3.05, 3.63) is 24.3 Å². The van der Waals surface area contributed by atoms with Gasteiger partial charge >= 0.3 is 6.36 Å². The molecular formula is C17H26F3NO. The van der Waals surface area contributed by atoms with Gasteiger partial charge in [-0.3, -0.25) is 0 Å². The predicted molar refractivity (Wildman–Crippen MR) is 84.2 cm³/mol. The third-order valence-electron chi connectivity index (χ3n) is 3.45. The summed E-state index contributed by atoms with van der Waals surface area (Å²) in [5, 5.41) is 3.21. The van der Waals surface area contributed by atoms with Gasteiger partial charge in [-0.15, -0.1) is 13.2 Å². The lowest BCUT2D eigenvalue weighted by molar-refractivity contribution is -0.274. The Hall–Kier alpha value is -1.39. The largest absolute Gasteiger partial charge is 0.573 e. The zero-order valence-electron chi connectivity index (χ0n) is 13.2. The summed E-state index contributed by atoms with van der Waals surface area (Å²) in [5.41, 5.74) is 0.817. The number of alkyl halides is 3. The molecule has 1 aromatic carbocycles. The molecule has 0 unspecified atom stereocenters. The first-order valence-corrected chi connectivity index (χ1v) is 8.11. The fourth-order valence-electron chi connectivity index (χ4n) is 2.27. The molecule has 0 radical (unpaired) electrons. The lowest BCUT2D eigenvalue weighted by atomic mass is 10.1. The van der Waals surface area contributed by atoms with Crippen molar-refractivity contribution in [3.8, 4) is 5.75 Å². The summed E-state index contributed by atoms with van der Waals surface area (Å²) in [7, 11) is 0. The SMILES string of the molecule is CCCCCCCCCCNc1ccc(OC(F)(F)F)cc1. The van der Waals surface area contributed by atoms with Crippen LogP contribution >= 0.6 is 0 Å². The smallest absolute Gasteiger partial charge is 0.406 e. The lowest BCUT2D eigenvalue weighted by Gasteiger charge is -2.10. The second-order valence-corrected chi connectivity index (χ2v) is 5.47. The monoisotopic (exact) mass is 317 g/mol. The van der Waals surface area contributed by atoms with Crippen molar-refractivity contribution in [2.45, 2.75) is 64.7 Å². The maximum atomic E-state index is 12.0. The topological polar surface area (TPSA) is 21.3 Å². The summed E-state index contributed by atoms with van der Waals surface area (Å²) in [5.74, 6) is -0.190. The highest BCUT2D eigenvalue weighted by Gasteiger charge is 2.30. The van der Waals surface area contributed by atoms with E-state index in [9.17, 15) is 13.2 Å². The van der Waals surface area contributed by atoms with Crippen LogP contribution in [-0.2, 0) is 0 Å². The zero-order chi connectivity index (χ0) is 16.3. The molecule has 0 fully saturated rings. The molecular weight excluding hydrogens is 291 g/mol. The van der Waals surface area contributed by atoms with Crippen molar-refractivity contribution in [2.75, 3.05) is 11.9 Å². The van der Waals surface area contributed by atoms with Gasteiger partial charge in [0.05, 0.1) is 0 Å². The van der Waals surface area contributed by atoms with Crippen LogP contribution in [0.25, 0.3) is 0 Å². The van der Waals surface area contributed by atoms with Crippen LogP contribution in [0.15, 0.2) is 24.3 Å². The molecule has 126 valence electrons. The van der Waals surface area contributed by atoms with Crippen LogP contribution in [0, 0.1) is 0 Å². The van der Waals surface area contributed by atoms with E-state index in [1.807, 2.05) is 0 Å². The third kappa shape index (κ3) is 9.53. The predicted octanol–water partition coefficient (Wildman–Crippen LogP) is 6.14. The van der Waals surface area contributed by atoms with E-state index in [4.69, 9.17) is 0 Å². The second kappa shape index (κ2) is 10.4. The summed E-state index contributed by atoms with van der Waals surface area (Å²) in [6, 6.07) is 5.85. The molecule has 2 nitrogen and oxygen atoms in total. The average molecular weight is 317 g/mol. The average Bonchev–Trinajstić information content (AvgIpc) is 2.46. The quantitative estimate of drug-likeness (QED) is 0.495. The summed E-state index contributed by atoms with van der Waals surface area (Å²) in [6.45, 7) is 3.06. The van der Waals surface area contributed by atoms with Crippen LogP contribution in [0.2, 0.25) is 0 Å². The molecule has 5 heteroatoms. The van der Waals surface area contributed by atoms with Gasteiger partial charge in [0, 0.05) is 12.2 Å². The van der Waals surface area contributed by atoms with Crippen LogP contribution in [0.3, 0.4) is 0 Å². The first-order valence-electron chi connectivity index (χ1n) is 8.11. The van der Waals surface area contributed by atoms with Gasteiger partial charge in [-0.1, -0.05) is 51.9 Å². The van der Waals surface area contributed by atoms with Crippen molar-refractivity contribution in [1.82, 2.24) is 0 Å². The number of hydrogen-bond acceptors (Lipinski definition) is 2. The Bertz CT molecular complexity index is 390. The van der Waals surface area contributed by atoms with E-state index in [1.165, 1.54) is 57.1 Å². The number of ether oxygens (including phenoxy) is 1. The zero-order valence-corrected chi connectivity index (χ0v) is 13.2. The van der Waals surface area contributed by atoms with Gasteiger partial charge in [0.15, 0.2) is 0 Å². The minimum absolute atomic E-state index is 0.190. The van der Waals surface area contributed by atoms with E-state index >= 15 is 0 Å². The van der Waals surface area contributed by atoms with Crippen molar-refractivity contribution >= 4 is 5.69 Å². The van der Waals surface area contributed by atoms with E-state index < -0.39 is 6.36 Å². The standard InChI is InChI=1S/C17H26F3NO/c1-2-3-4-5-6-7-8-9-14-21-15-10-12-16(13-11-15)22-17(18,19)20/h10-13,21H,2-9,14H2,1H3. The van der Waals surface area contributed by atoms with E-state index in [2.05, 4.69) is 17.0 Å². The first-order chi connectivity index (χ1) is 10.5. The van der Waals surface area contributed by atoms with Crippen molar-refractivity contribution in [3.63, 3.8) is 0 Å². The van der Waals surface area contributed by atoms with Gasteiger partial charge in [-0.05, 0) is 30.7 Å².